The average Bonchev–Trinajstić information content (AvgIpc) is 2.94. The van der Waals surface area contributed by atoms with E-state index in [-0.39, 0.29) is 12.5 Å². The normalized spacial score (nSPS) is 14.0. The smallest absolute Gasteiger partial charge is 0.294 e. The minimum absolute atomic E-state index is 0.0258. The molecule has 0 radical (unpaired) electrons. The Hall–Kier alpha value is -2.42. The van der Waals surface area contributed by atoms with Gasteiger partial charge >= 0.3 is 0 Å². The Morgan fingerprint density at radius 3 is 1.87 bits per heavy atom. The molecule has 9 heteroatoms. The first-order chi connectivity index (χ1) is 18.6. The lowest BCUT2D eigenvalue weighted by Gasteiger charge is -2.34. The van der Waals surface area contributed by atoms with E-state index in [2.05, 4.69) is 31.9 Å². The van der Waals surface area contributed by atoms with E-state index in [0.29, 0.717) is 5.56 Å². The molecule has 1 amide bonds. The molecular weight excluding hydrogens is 482 g/mol. The molecule has 9 nitrogen and oxygen atoms in total. The third-order valence-electron chi connectivity index (χ3n) is 7.46. The van der Waals surface area contributed by atoms with E-state index >= 15 is 0 Å². The summed E-state index contributed by atoms with van der Waals surface area (Å²) in [6.45, 7) is 8.37. The van der Waals surface area contributed by atoms with E-state index < -0.39 is 5.09 Å². The number of likely N-dealkylation sites (N-methyl/N-ethyl adjacent to an activating group) is 1. The summed E-state index contributed by atoms with van der Waals surface area (Å²) >= 11 is 0. The molecule has 0 saturated carbocycles. The van der Waals surface area contributed by atoms with Gasteiger partial charge in [0, 0.05) is 38.9 Å². The summed E-state index contributed by atoms with van der Waals surface area (Å²) in [5.41, 5.74) is 0.640. The largest absolute Gasteiger partial charge is 0.354 e. The second kappa shape index (κ2) is 20.5. The van der Waals surface area contributed by atoms with Crippen molar-refractivity contribution in [2.24, 2.45) is 0 Å². The fourth-order valence-corrected chi connectivity index (χ4v) is 4.97. The molecule has 1 aromatic rings. The van der Waals surface area contributed by atoms with Crippen LogP contribution in [0.25, 0.3) is 0 Å². The van der Waals surface area contributed by atoms with Crippen molar-refractivity contribution >= 4 is 11.7 Å². The minimum Gasteiger partial charge on any atom is -0.354 e. The number of pyridine rings is 1. The summed E-state index contributed by atoms with van der Waals surface area (Å²) in [7, 11) is 0. The van der Waals surface area contributed by atoms with Crippen LogP contribution in [0.4, 0.5) is 5.82 Å². The Morgan fingerprint density at radius 1 is 0.868 bits per heavy atom. The van der Waals surface area contributed by atoms with Crippen molar-refractivity contribution in [3.8, 4) is 0 Å². The zero-order valence-corrected chi connectivity index (χ0v) is 23.7. The summed E-state index contributed by atoms with van der Waals surface area (Å²) in [5, 5.41) is 12.4. The summed E-state index contributed by atoms with van der Waals surface area (Å²) in [6.07, 6.45) is 19.8. The fourth-order valence-electron chi connectivity index (χ4n) is 4.97. The highest BCUT2D eigenvalue weighted by Gasteiger charge is 2.17. The minimum atomic E-state index is -0.711. The van der Waals surface area contributed by atoms with Gasteiger partial charge in [-0.05, 0) is 31.5 Å². The highest BCUT2D eigenvalue weighted by atomic mass is 16.9. The maximum absolute atomic E-state index is 12.4. The van der Waals surface area contributed by atoms with Crippen LogP contribution in [0.15, 0.2) is 18.3 Å². The number of carbonyl (C=O) groups is 1. The number of unbranched alkanes of at least 4 members (excludes halogenated alkanes) is 14. The highest BCUT2D eigenvalue weighted by molar-refractivity contribution is 5.94. The van der Waals surface area contributed by atoms with Crippen molar-refractivity contribution < 1.29 is 14.7 Å². The Bertz CT molecular complexity index is 754. The zero-order valence-electron chi connectivity index (χ0n) is 23.7. The number of piperazine rings is 1. The van der Waals surface area contributed by atoms with Crippen LogP contribution in [0.3, 0.4) is 0 Å². The molecule has 0 bridgehead atoms. The molecule has 1 saturated heterocycles. The average molecular weight is 534 g/mol. The predicted molar refractivity (Wildman–Crippen MR) is 153 cm³/mol. The number of hydrogen-bond donors (Lipinski definition) is 1. The molecule has 2 rings (SSSR count). The predicted octanol–water partition coefficient (Wildman–Crippen LogP) is 6.01. The highest BCUT2D eigenvalue weighted by Crippen LogP contribution is 2.15. The van der Waals surface area contributed by atoms with Crippen molar-refractivity contribution in [2.45, 2.75) is 103 Å². The summed E-state index contributed by atoms with van der Waals surface area (Å²) < 4.78 is 0. The van der Waals surface area contributed by atoms with Gasteiger partial charge in [0.25, 0.3) is 11.0 Å². The van der Waals surface area contributed by atoms with Gasteiger partial charge in [-0.2, -0.15) is 0 Å². The first-order valence-electron chi connectivity index (χ1n) is 15.1. The van der Waals surface area contributed by atoms with Gasteiger partial charge in [-0.1, -0.05) is 90.4 Å². The molecule has 1 aliphatic heterocycles. The number of carbonyl (C=O) groups excluding carboxylic acids is 1. The van der Waals surface area contributed by atoms with Crippen molar-refractivity contribution in [1.29, 1.82) is 0 Å². The fraction of sp³-hybridized carbons (Fsp3) is 0.793. The molecular formula is C29H51N5O4. The van der Waals surface area contributed by atoms with Crippen molar-refractivity contribution in [3.63, 3.8) is 0 Å². The number of hydrogen-bond acceptors (Lipinski definition) is 7. The van der Waals surface area contributed by atoms with Gasteiger partial charge in [0.15, 0.2) is 0 Å². The first kappa shape index (κ1) is 31.8. The number of amides is 1. The molecule has 1 N–H and O–H groups in total. The number of rotatable bonds is 22. The second-order valence-corrected chi connectivity index (χ2v) is 10.4. The SMILES string of the molecule is CCN1CCN(c2ccc(C(=O)NCCCCCCCCCCCCCCCCCO[N+](=O)[O-])cn2)CC1. The standard InChI is InChI=1S/C29H51N5O4/c1-2-32-21-23-33(24-22-32)28-19-18-27(26-31-28)29(35)30-20-16-14-12-10-8-6-4-3-5-7-9-11-13-15-17-25-38-34(36)37/h18-19,26H,2-17,20-25H2,1H3,(H,30,35). The van der Waals surface area contributed by atoms with E-state index in [4.69, 9.17) is 0 Å². The van der Waals surface area contributed by atoms with Gasteiger partial charge in [-0.25, -0.2) is 4.98 Å². The molecule has 0 atom stereocenters. The zero-order chi connectivity index (χ0) is 27.3. The van der Waals surface area contributed by atoms with Crippen molar-refractivity contribution in [1.82, 2.24) is 15.2 Å². The molecule has 1 fully saturated rings. The molecule has 1 aliphatic rings. The van der Waals surface area contributed by atoms with Crippen LogP contribution in [0.2, 0.25) is 0 Å². The van der Waals surface area contributed by atoms with Crippen LogP contribution in [-0.4, -0.2) is 66.8 Å². The number of nitrogens with zero attached hydrogens (tertiary/aromatic N) is 4. The lowest BCUT2D eigenvalue weighted by molar-refractivity contribution is -0.757. The maximum atomic E-state index is 12.4. The topological polar surface area (TPSA) is 101 Å². The van der Waals surface area contributed by atoms with Crippen LogP contribution in [0.1, 0.15) is 114 Å². The Morgan fingerprint density at radius 2 is 1.39 bits per heavy atom. The van der Waals surface area contributed by atoms with E-state index in [9.17, 15) is 14.9 Å². The monoisotopic (exact) mass is 533 g/mol. The van der Waals surface area contributed by atoms with Gasteiger partial charge in [0.1, 0.15) is 5.82 Å². The summed E-state index contributed by atoms with van der Waals surface area (Å²) in [4.78, 5) is 36.0. The quantitative estimate of drug-likeness (QED) is 0.111. The molecule has 0 aliphatic carbocycles. The molecule has 0 aromatic carbocycles. The molecule has 1 aromatic heterocycles. The van der Waals surface area contributed by atoms with Crippen LogP contribution >= 0.6 is 0 Å². The van der Waals surface area contributed by atoms with E-state index in [0.717, 1.165) is 70.8 Å². The maximum Gasteiger partial charge on any atom is 0.294 e. The molecule has 0 spiro atoms. The van der Waals surface area contributed by atoms with E-state index in [1.807, 2.05) is 12.1 Å². The summed E-state index contributed by atoms with van der Waals surface area (Å²) in [5.74, 6) is 0.937. The van der Waals surface area contributed by atoms with Gasteiger partial charge in [-0.3, -0.25) is 4.79 Å². The van der Waals surface area contributed by atoms with Crippen LogP contribution in [0.5, 0.6) is 0 Å². The van der Waals surface area contributed by atoms with Crippen molar-refractivity contribution in [2.75, 3.05) is 50.8 Å². The van der Waals surface area contributed by atoms with Gasteiger partial charge in [0.05, 0.1) is 12.2 Å². The van der Waals surface area contributed by atoms with Crippen LogP contribution in [0, 0.1) is 10.1 Å². The van der Waals surface area contributed by atoms with Crippen LogP contribution in [-0.2, 0) is 4.84 Å². The van der Waals surface area contributed by atoms with Crippen molar-refractivity contribution in [3.05, 3.63) is 34.0 Å². The second-order valence-electron chi connectivity index (χ2n) is 10.4. The van der Waals surface area contributed by atoms with Gasteiger partial charge < -0.3 is 20.0 Å². The first-order valence-corrected chi connectivity index (χ1v) is 15.1. The number of anilines is 1. The van der Waals surface area contributed by atoms with Gasteiger partial charge in [0.2, 0.25) is 0 Å². The Labute approximate surface area is 229 Å². The molecule has 216 valence electrons. The Balaban J connectivity index is 1.35. The molecule has 38 heavy (non-hydrogen) atoms. The van der Waals surface area contributed by atoms with E-state index in [1.54, 1.807) is 6.20 Å². The molecule has 0 unspecified atom stereocenters. The number of aromatic nitrogens is 1. The lowest BCUT2D eigenvalue weighted by atomic mass is 10.0. The van der Waals surface area contributed by atoms with E-state index in [1.165, 1.54) is 70.6 Å². The number of nitrogens with one attached hydrogen (secondary N) is 1. The summed E-state index contributed by atoms with van der Waals surface area (Å²) in [6, 6.07) is 3.87. The van der Waals surface area contributed by atoms with Crippen LogP contribution < -0.4 is 10.2 Å². The Kier molecular flexibility index (Phi) is 17.2. The third kappa shape index (κ3) is 14.5. The van der Waals surface area contributed by atoms with Gasteiger partial charge in [-0.15, -0.1) is 10.1 Å². The third-order valence-corrected chi connectivity index (χ3v) is 7.46. The lowest BCUT2D eigenvalue weighted by Crippen LogP contribution is -2.46. The molecule has 2 heterocycles.